The molecule has 2 heterocycles. The third kappa shape index (κ3) is 5.23. The largest absolute Gasteiger partial charge is 0.477 e. The van der Waals surface area contributed by atoms with Gasteiger partial charge < -0.3 is 35.3 Å². The van der Waals surface area contributed by atoms with Crippen molar-refractivity contribution in [3.05, 3.63) is 23.3 Å². The van der Waals surface area contributed by atoms with E-state index in [1.165, 1.54) is 24.9 Å². The number of methoxy groups -OCH3 is 1. The Morgan fingerprint density at radius 1 is 1.22 bits per heavy atom. The van der Waals surface area contributed by atoms with Crippen LogP contribution in [0.2, 0.25) is 0 Å². The molecule has 1 aromatic rings. The van der Waals surface area contributed by atoms with Crippen molar-refractivity contribution in [3.8, 4) is 11.5 Å². The van der Waals surface area contributed by atoms with Gasteiger partial charge in [0, 0.05) is 64.2 Å². The van der Waals surface area contributed by atoms with Crippen LogP contribution in [-0.4, -0.2) is 108 Å². The summed E-state index contributed by atoms with van der Waals surface area (Å²) in [5, 5.41) is 15.2. The van der Waals surface area contributed by atoms with Crippen LogP contribution in [0.4, 0.5) is 0 Å². The number of rotatable bonds is 13. The van der Waals surface area contributed by atoms with Gasteiger partial charge in [0.15, 0.2) is 23.4 Å². The monoisotopic (exact) mass is 626 g/mol. The first-order chi connectivity index (χ1) is 21.5. The van der Waals surface area contributed by atoms with Gasteiger partial charge in [0.1, 0.15) is 5.54 Å². The van der Waals surface area contributed by atoms with Crippen molar-refractivity contribution in [2.45, 2.75) is 93.9 Å². The minimum atomic E-state index is -1.43. The molecule has 6 rings (SSSR count). The molecule has 0 radical (unpaired) electrons. The number of likely N-dealkylation sites (tertiary alicyclic amines) is 1. The zero-order chi connectivity index (χ0) is 32.1. The molecule has 1 saturated heterocycles. The number of carbonyl (C=O) groups is 4. The molecule has 246 valence electrons. The number of nitrogens with one attached hydrogen (secondary N) is 1. The number of nitrogens with two attached hydrogens (primary N) is 1. The van der Waals surface area contributed by atoms with E-state index < -0.39 is 34.5 Å². The molecule has 0 aromatic heterocycles. The lowest BCUT2D eigenvalue weighted by Crippen LogP contribution is -2.76. The Kier molecular flexibility index (Phi) is 8.47. The summed E-state index contributed by atoms with van der Waals surface area (Å²) in [7, 11) is 1.53. The molecular weight excluding hydrogens is 580 g/mol. The number of carbonyl (C=O) groups excluding carboxylic acids is 4. The second-order valence-electron chi connectivity index (χ2n) is 13.8. The lowest BCUT2D eigenvalue weighted by molar-refractivity contribution is -0.188. The van der Waals surface area contributed by atoms with Crippen molar-refractivity contribution in [2.75, 3.05) is 46.4 Å². The van der Waals surface area contributed by atoms with E-state index in [2.05, 4.69) is 10.2 Å². The molecule has 2 aliphatic heterocycles. The van der Waals surface area contributed by atoms with E-state index >= 15 is 0 Å². The van der Waals surface area contributed by atoms with Crippen molar-refractivity contribution in [1.29, 1.82) is 0 Å². The number of esters is 1. The zero-order valence-corrected chi connectivity index (χ0v) is 26.6. The highest BCUT2D eigenvalue weighted by atomic mass is 16.6. The van der Waals surface area contributed by atoms with Gasteiger partial charge in [0.25, 0.3) is 0 Å². The van der Waals surface area contributed by atoms with E-state index in [0.29, 0.717) is 44.1 Å². The number of ether oxygens (including phenoxy) is 3. The maximum absolute atomic E-state index is 13.8. The molecule has 2 bridgehead atoms. The number of Topliss-reactive ketones (excluding diaryl/α,β-unsaturated/α-hetero) is 1. The minimum Gasteiger partial charge on any atom is -0.477 e. The molecule has 4 N–H and O–H groups in total. The van der Waals surface area contributed by atoms with Crippen molar-refractivity contribution in [3.63, 3.8) is 0 Å². The average molecular weight is 627 g/mol. The molecule has 4 atom stereocenters. The highest BCUT2D eigenvalue weighted by Gasteiger charge is 2.73. The Balaban J connectivity index is 1.25. The molecule has 3 fully saturated rings. The molecule has 3 aliphatic carbocycles. The van der Waals surface area contributed by atoms with Crippen molar-refractivity contribution >= 4 is 23.6 Å². The number of aliphatic hydroxyl groups is 1. The van der Waals surface area contributed by atoms with Gasteiger partial charge in [-0.2, -0.15) is 0 Å². The molecule has 12 nitrogen and oxygen atoms in total. The first kappa shape index (κ1) is 31.9. The summed E-state index contributed by atoms with van der Waals surface area (Å²) in [6, 6.07) is 3.53. The van der Waals surface area contributed by atoms with Crippen LogP contribution in [-0.2, 0) is 35.8 Å². The van der Waals surface area contributed by atoms with Gasteiger partial charge in [0.05, 0.1) is 17.6 Å². The van der Waals surface area contributed by atoms with E-state index in [1.807, 2.05) is 6.07 Å². The standard InChI is InChI=1S/C33H46N4O8/c1-31(2,37(16-13-34)26(40)9-8-25(39)35-14-17-43-3)30(41)44-23-7-6-21-18-24-33(42)11-10-22(38)29-32(33,27(21)28(23)45-29)12-15-36(24)19-20-4-5-20/h6-7,20,24,29,42H,4-5,8-19,34H2,1-3H3,(H,35,39)/t24-,29+,32+,33-/m1/s1. The summed E-state index contributed by atoms with van der Waals surface area (Å²) < 4.78 is 17.4. The van der Waals surface area contributed by atoms with Crippen LogP contribution in [0, 0.1) is 5.92 Å². The Bertz CT molecular complexity index is 1380. The van der Waals surface area contributed by atoms with Crippen LogP contribution >= 0.6 is 0 Å². The van der Waals surface area contributed by atoms with E-state index in [-0.39, 0.29) is 55.8 Å². The molecule has 1 aromatic carbocycles. The second-order valence-corrected chi connectivity index (χ2v) is 13.8. The van der Waals surface area contributed by atoms with Gasteiger partial charge in [-0.3, -0.25) is 19.3 Å². The fourth-order valence-corrected chi connectivity index (χ4v) is 8.25. The summed E-state index contributed by atoms with van der Waals surface area (Å²) in [5.74, 6) is -0.249. The summed E-state index contributed by atoms with van der Waals surface area (Å²) in [5.41, 5.74) is 4.19. The number of hydrogen-bond donors (Lipinski definition) is 3. The maximum atomic E-state index is 13.8. The molecule has 2 amide bonds. The van der Waals surface area contributed by atoms with Crippen LogP contribution in [0.3, 0.4) is 0 Å². The number of nitrogens with zero attached hydrogens (tertiary/aromatic N) is 2. The first-order valence-electron chi connectivity index (χ1n) is 16.3. The Labute approximate surface area is 263 Å². The number of benzene rings is 1. The number of amides is 2. The van der Waals surface area contributed by atoms with Gasteiger partial charge in [-0.15, -0.1) is 0 Å². The minimum absolute atomic E-state index is 0.0401. The van der Waals surface area contributed by atoms with Gasteiger partial charge in [-0.1, -0.05) is 6.07 Å². The number of hydrogen-bond acceptors (Lipinski definition) is 10. The third-order valence-corrected chi connectivity index (χ3v) is 10.8. The molecule has 5 aliphatic rings. The SMILES string of the molecule is COCCNC(=O)CCC(=O)N(CCN)C(C)(C)C(=O)Oc1ccc2c3c1O[C@H]1C(=O)CC[C@@]4(O)[C@@H](C2)N(CC2CC2)CC[C@]314. The van der Waals surface area contributed by atoms with E-state index in [1.54, 1.807) is 19.9 Å². The van der Waals surface area contributed by atoms with Crippen LogP contribution in [0.25, 0.3) is 0 Å². The van der Waals surface area contributed by atoms with Crippen LogP contribution in [0.15, 0.2) is 12.1 Å². The molecule has 1 spiro atoms. The van der Waals surface area contributed by atoms with Gasteiger partial charge in [-0.25, -0.2) is 4.79 Å². The van der Waals surface area contributed by atoms with Crippen LogP contribution in [0.5, 0.6) is 11.5 Å². The fraction of sp³-hybridized carbons (Fsp3) is 0.697. The first-order valence-corrected chi connectivity index (χ1v) is 16.3. The highest BCUT2D eigenvalue weighted by molar-refractivity contribution is 5.92. The van der Waals surface area contributed by atoms with Gasteiger partial charge >= 0.3 is 5.97 Å². The summed E-state index contributed by atoms with van der Waals surface area (Å²) in [4.78, 5) is 56.4. The van der Waals surface area contributed by atoms with E-state index in [9.17, 15) is 24.3 Å². The predicted octanol–water partition coefficient (Wildman–Crippen LogP) is 0.834. The third-order valence-electron chi connectivity index (χ3n) is 10.8. The molecule has 12 heteroatoms. The van der Waals surface area contributed by atoms with Crippen molar-refractivity contribution in [2.24, 2.45) is 11.7 Å². The fourth-order valence-electron chi connectivity index (χ4n) is 8.25. The summed E-state index contributed by atoms with van der Waals surface area (Å²) in [6.07, 6.45) is 3.30. The molecule has 0 unspecified atom stereocenters. The lowest BCUT2D eigenvalue weighted by atomic mass is 9.49. The quantitative estimate of drug-likeness (QED) is 0.163. The summed E-state index contributed by atoms with van der Waals surface area (Å²) in [6.45, 7) is 5.80. The van der Waals surface area contributed by atoms with Gasteiger partial charge in [-0.05, 0) is 70.0 Å². The second kappa shape index (κ2) is 11.9. The zero-order valence-electron chi connectivity index (χ0n) is 26.6. The molecular formula is C33H46N4O8. The normalized spacial score (nSPS) is 28.2. The average Bonchev–Trinajstić information content (AvgIpc) is 3.75. The number of ketones is 1. The Morgan fingerprint density at radius 2 is 2.00 bits per heavy atom. The molecule has 45 heavy (non-hydrogen) atoms. The van der Waals surface area contributed by atoms with E-state index in [4.69, 9.17) is 19.9 Å². The summed E-state index contributed by atoms with van der Waals surface area (Å²) >= 11 is 0. The Hall–Kier alpha value is -3.06. The number of piperidine rings is 1. The lowest BCUT2D eigenvalue weighted by Gasteiger charge is -2.62. The van der Waals surface area contributed by atoms with Crippen LogP contribution in [0.1, 0.15) is 69.9 Å². The van der Waals surface area contributed by atoms with Crippen molar-refractivity contribution in [1.82, 2.24) is 15.1 Å². The van der Waals surface area contributed by atoms with Crippen LogP contribution < -0.4 is 20.5 Å². The van der Waals surface area contributed by atoms with Gasteiger partial charge in [0.2, 0.25) is 11.8 Å². The molecule has 2 saturated carbocycles. The van der Waals surface area contributed by atoms with E-state index in [0.717, 1.165) is 24.2 Å². The topological polar surface area (TPSA) is 161 Å². The smallest absolute Gasteiger partial charge is 0.337 e. The predicted molar refractivity (Wildman–Crippen MR) is 163 cm³/mol. The maximum Gasteiger partial charge on any atom is 0.337 e. The Morgan fingerprint density at radius 3 is 2.71 bits per heavy atom. The van der Waals surface area contributed by atoms with Crippen molar-refractivity contribution < 1.29 is 38.5 Å². The highest BCUT2D eigenvalue weighted by Crippen LogP contribution is 2.65.